The van der Waals surface area contributed by atoms with E-state index in [1.165, 1.54) is 12.3 Å². The monoisotopic (exact) mass is 316 g/mol. The van der Waals surface area contributed by atoms with Gasteiger partial charge in [-0.2, -0.15) is 0 Å². The van der Waals surface area contributed by atoms with Crippen LogP contribution in [-0.4, -0.2) is 11.1 Å². The molecule has 0 spiro atoms. The van der Waals surface area contributed by atoms with Crippen molar-refractivity contribution in [3.05, 3.63) is 51.8 Å². The number of rotatable bonds is 3. The fourth-order valence-corrected chi connectivity index (χ4v) is 1.75. The normalized spacial score (nSPS) is 10.4. The van der Waals surface area contributed by atoms with Crippen molar-refractivity contribution in [3.63, 3.8) is 0 Å². The number of amides is 1. The van der Waals surface area contributed by atoms with E-state index in [0.29, 0.717) is 5.76 Å². The van der Waals surface area contributed by atoms with E-state index in [1.54, 1.807) is 0 Å². The summed E-state index contributed by atoms with van der Waals surface area (Å²) >= 11 is 2.93. The Hall–Kier alpha value is -1.76. The summed E-state index contributed by atoms with van der Waals surface area (Å²) in [4.78, 5) is 11.6. The van der Waals surface area contributed by atoms with Gasteiger partial charge in [-0.3, -0.25) is 4.79 Å². The number of halogens is 3. The van der Waals surface area contributed by atoms with E-state index in [1.807, 2.05) is 0 Å². The van der Waals surface area contributed by atoms with Crippen LogP contribution in [0.1, 0.15) is 16.1 Å². The molecule has 0 atom stereocenters. The molecular weight excluding hydrogens is 310 g/mol. The maximum Gasteiger partial charge on any atom is 0.257 e. The van der Waals surface area contributed by atoms with E-state index in [0.717, 1.165) is 12.1 Å². The van der Waals surface area contributed by atoms with Crippen LogP contribution in [0.3, 0.4) is 0 Å². The van der Waals surface area contributed by atoms with E-state index in [4.69, 9.17) is 4.52 Å². The summed E-state index contributed by atoms with van der Waals surface area (Å²) in [6.45, 7) is 0.00772. The van der Waals surface area contributed by atoms with Crippen molar-refractivity contribution in [2.45, 2.75) is 6.54 Å². The highest BCUT2D eigenvalue weighted by molar-refractivity contribution is 9.10. The first kappa shape index (κ1) is 12.7. The highest BCUT2D eigenvalue weighted by Gasteiger charge is 2.18. The number of carbonyl (C=O) groups is 1. The molecule has 7 heteroatoms. The van der Waals surface area contributed by atoms with Gasteiger partial charge in [-0.15, -0.1) is 0 Å². The van der Waals surface area contributed by atoms with Crippen molar-refractivity contribution in [1.29, 1.82) is 0 Å². The van der Waals surface area contributed by atoms with E-state index < -0.39 is 23.1 Å². The Kier molecular flexibility index (Phi) is 3.71. The maximum atomic E-state index is 13.5. The fourth-order valence-electron chi connectivity index (χ4n) is 1.35. The van der Waals surface area contributed by atoms with Crippen LogP contribution < -0.4 is 5.32 Å². The summed E-state index contributed by atoms with van der Waals surface area (Å²) in [6, 6.07) is 3.58. The minimum atomic E-state index is -0.933. The van der Waals surface area contributed by atoms with Gasteiger partial charge in [0.15, 0.2) is 5.76 Å². The molecule has 1 N–H and O–H groups in total. The molecule has 18 heavy (non-hydrogen) atoms. The van der Waals surface area contributed by atoms with Gasteiger partial charge in [0.25, 0.3) is 5.91 Å². The standard InChI is InChI=1S/C11H7BrF2N2O2/c12-6-3-8(13)10(9(14)4-6)11(17)15-5-7-1-2-16-18-7/h1-4H,5H2,(H,15,17). The Morgan fingerprint density at radius 3 is 2.61 bits per heavy atom. The van der Waals surface area contributed by atoms with Gasteiger partial charge in [-0.05, 0) is 12.1 Å². The van der Waals surface area contributed by atoms with Crippen LogP contribution >= 0.6 is 15.9 Å². The van der Waals surface area contributed by atoms with Gasteiger partial charge in [-0.1, -0.05) is 21.1 Å². The van der Waals surface area contributed by atoms with E-state index in [2.05, 4.69) is 26.4 Å². The molecule has 0 saturated heterocycles. The second-order valence-electron chi connectivity index (χ2n) is 3.41. The van der Waals surface area contributed by atoms with Crippen molar-refractivity contribution in [3.8, 4) is 0 Å². The third-order valence-electron chi connectivity index (χ3n) is 2.15. The first-order valence-corrected chi connectivity index (χ1v) is 5.69. The highest BCUT2D eigenvalue weighted by atomic mass is 79.9. The topological polar surface area (TPSA) is 55.1 Å². The molecule has 94 valence electrons. The largest absolute Gasteiger partial charge is 0.360 e. The molecule has 1 aromatic heterocycles. The molecular formula is C11H7BrF2N2O2. The maximum absolute atomic E-state index is 13.5. The van der Waals surface area contributed by atoms with Gasteiger partial charge in [0.1, 0.15) is 17.2 Å². The Bertz CT molecular complexity index is 549. The third kappa shape index (κ3) is 2.73. The average molecular weight is 317 g/mol. The molecule has 1 aromatic carbocycles. The third-order valence-corrected chi connectivity index (χ3v) is 2.61. The highest BCUT2D eigenvalue weighted by Crippen LogP contribution is 2.19. The molecule has 0 aliphatic carbocycles. The summed E-state index contributed by atoms with van der Waals surface area (Å²) < 4.78 is 31.9. The predicted octanol–water partition coefficient (Wildman–Crippen LogP) is 2.65. The lowest BCUT2D eigenvalue weighted by Gasteiger charge is -2.06. The van der Waals surface area contributed by atoms with Gasteiger partial charge in [0, 0.05) is 10.5 Å². The van der Waals surface area contributed by atoms with E-state index >= 15 is 0 Å². The van der Waals surface area contributed by atoms with Crippen molar-refractivity contribution in [2.75, 3.05) is 0 Å². The molecule has 0 unspecified atom stereocenters. The second-order valence-corrected chi connectivity index (χ2v) is 4.32. The fraction of sp³-hybridized carbons (Fsp3) is 0.0909. The number of benzene rings is 1. The summed E-state index contributed by atoms with van der Waals surface area (Å²) in [7, 11) is 0. The molecule has 1 heterocycles. The Morgan fingerprint density at radius 2 is 2.06 bits per heavy atom. The predicted molar refractivity (Wildman–Crippen MR) is 61.7 cm³/mol. The van der Waals surface area contributed by atoms with Crippen LogP contribution in [0.5, 0.6) is 0 Å². The summed E-state index contributed by atoms with van der Waals surface area (Å²) in [6.07, 6.45) is 1.41. The van der Waals surface area contributed by atoms with Gasteiger partial charge >= 0.3 is 0 Å². The van der Waals surface area contributed by atoms with Crippen LogP contribution in [0.2, 0.25) is 0 Å². The SMILES string of the molecule is O=C(NCc1ccno1)c1c(F)cc(Br)cc1F. The minimum absolute atomic E-state index is 0.00772. The number of nitrogens with zero attached hydrogens (tertiary/aromatic N) is 1. The van der Waals surface area contributed by atoms with Gasteiger partial charge in [0.2, 0.25) is 0 Å². The number of hydrogen-bond acceptors (Lipinski definition) is 3. The number of aromatic nitrogens is 1. The summed E-state index contributed by atoms with van der Waals surface area (Å²) in [5, 5.41) is 5.77. The summed E-state index contributed by atoms with van der Waals surface area (Å²) in [5.41, 5.74) is -0.627. The van der Waals surface area contributed by atoms with Crippen LogP contribution in [-0.2, 0) is 6.54 Å². The van der Waals surface area contributed by atoms with Crippen LogP contribution in [0.4, 0.5) is 8.78 Å². The van der Waals surface area contributed by atoms with Crippen molar-refractivity contribution in [1.82, 2.24) is 10.5 Å². The lowest BCUT2D eigenvalue weighted by Crippen LogP contribution is -2.24. The van der Waals surface area contributed by atoms with Gasteiger partial charge in [-0.25, -0.2) is 8.78 Å². The molecule has 4 nitrogen and oxygen atoms in total. The zero-order chi connectivity index (χ0) is 13.1. The second kappa shape index (κ2) is 5.26. The lowest BCUT2D eigenvalue weighted by atomic mass is 10.2. The number of carbonyl (C=O) groups excluding carboxylic acids is 1. The molecule has 0 bridgehead atoms. The number of nitrogens with one attached hydrogen (secondary N) is 1. The van der Waals surface area contributed by atoms with Gasteiger partial charge < -0.3 is 9.84 Å². The summed E-state index contributed by atoms with van der Waals surface area (Å²) in [5.74, 6) is -2.33. The molecule has 0 aliphatic rings. The smallest absolute Gasteiger partial charge is 0.257 e. The zero-order valence-electron chi connectivity index (χ0n) is 8.91. The zero-order valence-corrected chi connectivity index (χ0v) is 10.5. The lowest BCUT2D eigenvalue weighted by molar-refractivity contribution is 0.0938. The Morgan fingerprint density at radius 1 is 1.39 bits per heavy atom. The van der Waals surface area contributed by atoms with E-state index in [9.17, 15) is 13.6 Å². The van der Waals surface area contributed by atoms with Crippen molar-refractivity contribution < 1.29 is 18.1 Å². The molecule has 1 amide bonds. The Balaban J connectivity index is 2.14. The molecule has 2 rings (SSSR count). The molecule has 0 fully saturated rings. The molecule has 2 aromatic rings. The van der Waals surface area contributed by atoms with E-state index in [-0.39, 0.29) is 11.0 Å². The quantitative estimate of drug-likeness (QED) is 0.947. The first-order valence-electron chi connectivity index (χ1n) is 4.90. The number of hydrogen-bond donors (Lipinski definition) is 1. The Labute approximate surface area is 109 Å². The van der Waals surface area contributed by atoms with Gasteiger partial charge in [0.05, 0.1) is 12.7 Å². The average Bonchev–Trinajstić information content (AvgIpc) is 2.77. The van der Waals surface area contributed by atoms with Crippen LogP contribution in [0.25, 0.3) is 0 Å². The molecule has 0 aliphatic heterocycles. The van der Waals surface area contributed by atoms with Crippen LogP contribution in [0, 0.1) is 11.6 Å². The first-order chi connectivity index (χ1) is 8.58. The minimum Gasteiger partial charge on any atom is -0.360 e. The van der Waals surface area contributed by atoms with Crippen LogP contribution in [0.15, 0.2) is 33.4 Å². The molecule has 0 radical (unpaired) electrons. The molecule has 0 saturated carbocycles. The van der Waals surface area contributed by atoms with Crippen molar-refractivity contribution in [2.24, 2.45) is 0 Å². The van der Waals surface area contributed by atoms with Crippen molar-refractivity contribution >= 4 is 21.8 Å².